The molecule has 18 heavy (non-hydrogen) atoms. The molecule has 0 aliphatic carbocycles. The average Bonchev–Trinajstić information content (AvgIpc) is 2.56. The summed E-state index contributed by atoms with van der Waals surface area (Å²) in [6.45, 7) is 2.87. The predicted molar refractivity (Wildman–Crippen MR) is 76.1 cm³/mol. The van der Waals surface area contributed by atoms with Crippen molar-refractivity contribution in [3.8, 4) is 5.75 Å². The van der Waals surface area contributed by atoms with E-state index in [1.807, 2.05) is 18.2 Å². The minimum atomic E-state index is -0.636. The van der Waals surface area contributed by atoms with Crippen LogP contribution in [0.2, 0.25) is 0 Å². The minimum absolute atomic E-state index is 0.430. The van der Waals surface area contributed by atoms with Gasteiger partial charge in [-0.1, -0.05) is 15.9 Å². The van der Waals surface area contributed by atoms with E-state index in [4.69, 9.17) is 4.74 Å². The smallest absolute Gasteiger partial charge is 0.119 e. The van der Waals surface area contributed by atoms with Crippen molar-refractivity contribution in [1.29, 1.82) is 0 Å². The number of hydrogen-bond acceptors (Lipinski definition) is 3. The first-order valence-corrected chi connectivity index (χ1v) is 6.98. The highest BCUT2D eigenvalue weighted by molar-refractivity contribution is 9.10. The van der Waals surface area contributed by atoms with Gasteiger partial charge in [0.25, 0.3) is 0 Å². The third-order valence-electron chi connectivity index (χ3n) is 3.74. The van der Waals surface area contributed by atoms with Crippen molar-refractivity contribution >= 4 is 15.9 Å². The highest BCUT2D eigenvalue weighted by atomic mass is 79.9. The van der Waals surface area contributed by atoms with Gasteiger partial charge in [0.1, 0.15) is 5.75 Å². The molecule has 2 rings (SSSR count). The number of aliphatic hydroxyl groups is 1. The summed E-state index contributed by atoms with van der Waals surface area (Å²) in [5, 5.41) is 10.7. The Hall–Kier alpha value is -0.580. The second kappa shape index (κ2) is 5.19. The van der Waals surface area contributed by atoms with Gasteiger partial charge in [0.15, 0.2) is 0 Å². The lowest BCUT2D eigenvalue weighted by Crippen LogP contribution is -2.34. The molecular formula is C14H20BrNO2. The van der Waals surface area contributed by atoms with Crippen LogP contribution in [-0.4, -0.2) is 42.4 Å². The maximum Gasteiger partial charge on any atom is 0.119 e. The van der Waals surface area contributed by atoms with E-state index in [0.29, 0.717) is 12.5 Å². The van der Waals surface area contributed by atoms with Gasteiger partial charge in [-0.05, 0) is 44.2 Å². The first-order chi connectivity index (χ1) is 8.43. The Morgan fingerprint density at radius 3 is 2.83 bits per heavy atom. The molecule has 0 radical (unpaired) electrons. The molecule has 2 atom stereocenters. The molecule has 0 bridgehead atoms. The highest BCUT2D eigenvalue weighted by Gasteiger charge is 2.39. The molecule has 3 nitrogen and oxygen atoms in total. The number of nitrogens with zero attached hydrogens (tertiary/aromatic N) is 1. The lowest BCUT2D eigenvalue weighted by Gasteiger charge is -2.23. The number of hydrogen-bond donors (Lipinski definition) is 1. The fourth-order valence-corrected chi connectivity index (χ4v) is 3.07. The van der Waals surface area contributed by atoms with E-state index in [0.717, 1.165) is 28.8 Å². The fourth-order valence-electron chi connectivity index (χ4n) is 2.69. The van der Waals surface area contributed by atoms with Crippen LogP contribution in [0.25, 0.3) is 0 Å². The third kappa shape index (κ3) is 2.87. The second-order valence-electron chi connectivity index (χ2n) is 5.33. The molecule has 4 heteroatoms. The number of ether oxygens (including phenoxy) is 1. The quantitative estimate of drug-likeness (QED) is 0.930. The van der Waals surface area contributed by atoms with E-state index in [1.54, 1.807) is 7.11 Å². The first-order valence-electron chi connectivity index (χ1n) is 6.18. The normalized spacial score (nSPS) is 28.6. The predicted octanol–water partition coefficient (Wildman–Crippen LogP) is 2.46. The van der Waals surface area contributed by atoms with Gasteiger partial charge in [0.2, 0.25) is 0 Å². The van der Waals surface area contributed by atoms with Crippen LogP contribution < -0.4 is 4.74 Å². The zero-order chi connectivity index (χ0) is 13.3. The Morgan fingerprint density at radius 2 is 2.28 bits per heavy atom. The Bertz CT molecular complexity index is 426. The van der Waals surface area contributed by atoms with E-state index in [-0.39, 0.29) is 0 Å². The van der Waals surface area contributed by atoms with E-state index < -0.39 is 5.60 Å². The van der Waals surface area contributed by atoms with Crippen molar-refractivity contribution in [1.82, 2.24) is 4.90 Å². The standard InChI is InChI=1S/C14H20BrNO2/c1-10-7-14(17,9-16(10)2)8-11-6-12(18-3)4-5-13(11)15/h4-6,10,17H,7-9H2,1-3H3. The molecule has 100 valence electrons. The largest absolute Gasteiger partial charge is 0.497 e. The summed E-state index contributed by atoms with van der Waals surface area (Å²) < 4.78 is 6.26. The van der Waals surface area contributed by atoms with Gasteiger partial charge in [0, 0.05) is 23.5 Å². The maximum absolute atomic E-state index is 10.7. The van der Waals surface area contributed by atoms with Gasteiger partial charge in [-0.15, -0.1) is 0 Å². The number of likely N-dealkylation sites (N-methyl/N-ethyl adjacent to an activating group) is 1. The number of likely N-dealkylation sites (tertiary alicyclic amines) is 1. The first kappa shape index (κ1) is 13.8. The SMILES string of the molecule is COc1ccc(Br)c(CC2(O)CC(C)N(C)C2)c1. The van der Waals surface area contributed by atoms with Gasteiger partial charge in [-0.2, -0.15) is 0 Å². The monoisotopic (exact) mass is 313 g/mol. The van der Waals surface area contributed by atoms with Gasteiger partial charge in [0.05, 0.1) is 12.7 Å². The van der Waals surface area contributed by atoms with E-state index in [2.05, 4.69) is 34.8 Å². The lowest BCUT2D eigenvalue weighted by atomic mass is 9.92. The molecule has 1 aromatic rings. The molecule has 0 aromatic heterocycles. The molecule has 1 aliphatic heterocycles. The average molecular weight is 314 g/mol. The summed E-state index contributed by atoms with van der Waals surface area (Å²) >= 11 is 3.54. The Kier molecular flexibility index (Phi) is 3.99. The van der Waals surface area contributed by atoms with Crippen LogP contribution in [0.1, 0.15) is 18.9 Å². The molecule has 0 saturated carbocycles. The van der Waals surface area contributed by atoms with E-state index in [1.165, 1.54) is 0 Å². The number of methoxy groups -OCH3 is 1. The van der Waals surface area contributed by atoms with Crippen molar-refractivity contribution in [3.63, 3.8) is 0 Å². The van der Waals surface area contributed by atoms with Crippen molar-refractivity contribution in [3.05, 3.63) is 28.2 Å². The molecule has 0 amide bonds. The third-order valence-corrected chi connectivity index (χ3v) is 4.52. The van der Waals surface area contributed by atoms with Gasteiger partial charge >= 0.3 is 0 Å². The minimum Gasteiger partial charge on any atom is -0.497 e. The topological polar surface area (TPSA) is 32.7 Å². The molecule has 1 saturated heterocycles. The van der Waals surface area contributed by atoms with Crippen LogP contribution in [0, 0.1) is 0 Å². The molecule has 1 fully saturated rings. The van der Waals surface area contributed by atoms with Crippen molar-refractivity contribution in [2.45, 2.75) is 31.4 Å². The van der Waals surface area contributed by atoms with Crippen molar-refractivity contribution < 1.29 is 9.84 Å². The van der Waals surface area contributed by atoms with Crippen LogP contribution in [0.5, 0.6) is 5.75 Å². The number of rotatable bonds is 3. The molecule has 1 N–H and O–H groups in total. The van der Waals surface area contributed by atoms with Gasteiger partial charge < -0.3 is 14.7 Å². The summed E-state index contributed by atoms with van der Waals surface area (Å²) in [4.78, 5) is 2.20. The number of halogens is 1. The molecule has 1 aliphatic rings. The van der Waals surface area contributed by atoms with E-state index >= 15 is 0 Å². The highest BCUT2D eigenvalue weighted by Crippen LogP contribution is 2.32. The Balaban J connectivity index is 2.19. The number of benzene rings is 1. The fraction of sp³-hybridized carbons (Fsp3) is 0.571. The second-order valence-corrected chi connectivity index (χ2v) is 6.18. The van der Waals surface area contributed by atoms with Crippen LogP contribution >= 0.6 is 15.9 Å². The van der Waals surface area contributed by atoms with Crippen LogP contribution in [0.3, 0.4) is 0 Å². The summed E-state index contributed by atoms with van der Waals surface area (Å²) in [6, 6.07) is 6.31. The van der Waals surface area contributed by atoms with Gasteiger partial charge in [-0.25, -0.2) is 0 Å². The zero-order valence-electron chi connectivity index (χ0n) is 11.1. The molecule has 1 aromatic carbocycles. The maximum atomic E-state index is 10.7. The van der Waals surface area contributed by atoms with Crippen LogP contribution in [0.15, 0.2) is 22.7 Å². The summed E-state index contributed by atoms with van der Waals surface area (Å²) in [7, 11) is 3.72. The Labute approximate surface area is 117 Å². The zero-order valence-corrected chi connectivity index (χ0v) is 12.7. The molecule has 1 heterocycles. The van der Waals surface area contributed by atoms with Crippen molar-refractivity contribution in [2.24, 2.45) is 0 Å². The summed E-state index contributed by atoms with van der Waals surface area (Å²) in [5.74, 6) is 0.830. The molecule has 2 unspecified atom stereocenters. The Morgan fingerprint density at radius 1 is 1.56 bits per heavy atom. The van der Waals surface area contributed by atoms with Crippen LogP contribution in [-0.2, 0) is 6.42 Å². The van der Waals surface area contributed by atoms with Crippen LogP contribution in [0.4, 0.5) is 0 Å². The molecular weight excluding hydrogens is 294 g/mol. The lowest BCUT2D eigenvalue weighted by molar-refractivity contribution is 0.0519. The van der Waals surface area contributed by atoms with Gasteiger partial charge in [-0.3, -0.25) is 0 Å². The molecule has 0 spiro atoms. The summed E-state index contributed by atoms with van der Waals surface area (Å²) in [5.41, 5.74) is 0.461. The summed E-state index contributed by atoms with van der Waals surface area (Å²) in [6.07, 6.45) is 1.46. The number of β-amino-alcohol motifs (C(OH)–C–C–N with tert-alkyl or cyclic N) is 1. The van der Waals surface area contributed by atoms with E-state index in [9.17, 15) is 5.11 Å². The van der Waals surface area contributed by atoms with Crippen molar-refractivity contribution in [2.75, 3.05) is 20.7 Å².